The number of nitrogens with one attached hydrogen (secondary N) is 1. The van der Waals surface area contributed by atoms with E-state index in [-0.39, 0.29) is 5.91 Å². The molecule has 0 aliphatic heterocycles. The highest BCUT2D eigenvalue weighted by atomic mass is 16.1. The monoisotopic (exact) mass is 374 g/mol. The molecule has 0 atom stereocenters. The van der Waals surface area contributed by atoms with Crippen molar-refractivity contribution in [2.24, 2.45) is 5.92 Å². The van der Waals surface area contributed by atoms with E-state index in [0.717, 1.165) is 40.5 Å². The summed E-state index contributed by atoms with van der Waals surface area (Å²) in [5.74, 6) is 0.646. The summed E-state index contributed by atoms with van der Waals surface area (Å²) in [7, 11) is 1.64. The summed E-state index contributed by atoms with van der Waals surface area (Å²) in [5.41, 5.74) is 5.49. The molecular weight excluding hydrogens is 348 g/mol. The van der Waals surface area contributed by atoms with Crippen molar-refractivity contribution in [1.82, 2.24) is 20.1 Å². The van der Waals surface area contributed by atoms with E-state index in [2.05, 4.69) is 27.4 Å². The third-order valence-electron chi connectivity index (χ3n) is 5.52. The summed E-state index contributed by atoms with van der Waals surface area (Å²) in [5, 5.41) is 7.28. The van der Waals surface area contributed by atoms with Crippen molar-refractivity contribution in [3.05, 3.63) is 60.0 Å². The van der Waals surface area contributed by atoms with E-state index in [9.17, 15) is 4.79 Å². The number of nitrogens with zero attached hydrogens (tertiary/aromatic N) is 3. The lowest BCUT2D eigenvalue weighted by molar-refractivity contribution is 0.0963. The number of aromatic nitrogens is 3. The maximum Gasteiger partial charge on any atom is 0.251 e. The molecule has 0 radical (unpaired) electrons. The Balaban J connectivity index is 1.69. The van der Waals surface area contributed by atoms with Crippen LogP contribution in [-0.2, 0) is 6.54 Å². The molecule has 1 fully saturated rings. The number of amides is 1. The minimum absolute atomic E-state index is 0.0968. The average Bonchev–Trinajstić information content (AvgIpc) is 3.40. The van der Waals surface area contributed by atoms with Crippen LogP contribution in [-0.4, -0.2) is 27.7 Å². The van der Waals surface area contributed by atoms with Gasteiger partial charge in [-0.2, -0.15) is 5.10 Å². The van der Waals surface area contributed by atoms with Crippen LogP contribution >= 0.6 is 0 Å². The lowest BCUT2D eigenvalue weighted by Gasteiger charge is -2.10. The van der Waals surface area contributed by atoms with Gasteiger partial charge in [-0.3, -0.25) is 14.5 Å². The number of aryl methyl sites for hydroxylation is 1. The maximum atomic E-state index is 12.0. The Bertz CT molecular complexity index is 986. The molecule has 0 bridgehead atoms. The second-order valence-electron chi connectivity index (χ2n) is 7.61. The van der Waals surface area contributed by atoms with E-state index in [1.165, 1.54) is 25.7 Å². The molecule has 3 aromatic rings. The van der Waals surface area contributed by atoms with E-state index >= 15 is 0 Å². The Morgan fingerprint density at radius 1 is 1.18 bits per heavy atom. The van der Waals surface area contributed by atoms with E-state index in [4.69, 9.17) is 4.98 Å². The minimum atomic E-state index is -0.0968. The molecule has 5 nitrogen and oxygen atoms in total. The molecule has 1 aliphatic rings. The average molecular weight is 374 g/mol. The lowest BCUT2D eigenvalue weighted by atomic mass is 9.99. The number of hydrogen-bond acceptors (Lipinski definition) is 3. The van der Waals surface area contributed by atoms with E-state index in [1.54, 1.807) is 7.05 Å². The Labute approximate surface area is 165 Å². The van der Waals surface area contributed by atoms with Gasteiger partial charge in [0, 0.05) is 47.7 Å². The lowest BCUT2D eigenvalue weighted by Crippen LogP contribution is -2.17. The first kappa shape index (κ1) is 18.4. The van der Waals surface area contributed by atoms with E-state index in [1.807, 2.05) is 43.5 Å². The van der Waals surface area contributed by atoms with E-state index < -0.39 is 0 Å². The first-order chi connectivity index (χ1) is 13.6. The van der Waals surface area contributed by atoms with Crippen LogP contribution in [0.5, 0.6) is 0 Å². The van der Waals surface area contributed by atoms with Gasteiger partial charge in [-0.1, -0.05) is 31.0 Å². The smallest absolute Gasteiger partial charge is 0.251 e. The van der Waals surface area contributed by atoms with Crippen molar-refractivity contribution < 1.29 is 4.79 Å². The number of carbonyl (C=O) groups excluding carboxylic acids is 1. The van der Waals surface area contributed by atoms with Crippen LogP contribution in [0.25, 0.3) is 22.4 Å². The molecule has 1 saturated carbocycles. The Morgan fingerprint density at radius 3 is 2.79 bits per heavy atom. The summed E-state index contributed by atoms with van der Waals surface area (Å²) < 4.78 is 2.07. The molecule has 1 N–H and O–H groups in total. The van der Waals surface area contributed by atoms with Gasteiger partial charge in [0.15, 0.2) is 0 Å². The second kappa shape index (κ2) is 7.97. The number of hydrogen-bond donors (Lipinski definition) is 1. The van der Waals surface area contributed by atoms with Crippen molar-refractivity contribution in [3.63, 3.8) is 0 Å². The predicted molar refractivity (Wildman–Crippen MR) is 111 cm³/mol. The highest BCUT2D eigenvalue weighted by molar-refractivity contribution is 5.95. The number of pyridine rings is 1. The van der Waals surface area contributed by atoms with Gasteiger partial charge in [-0.25, -0.2) is 0 Å². The van der Waals surface area contributed by atoms with Crippen LogP contribution in [0.1, 0.15) is 41.7 Å². The highest BCUT2D eigenvalue weighted by Crippen LogP contribution is 2.32. The Kier molecular flexibility index (Phi) is 5.24. The topological polar surface area (TPSA) is 59.8 Å². The van der Waals surface area contributed by atoms with E-state index in [0.29, 0.717) is 5.56 Å². The summed E-state index contributed by atoms with van der Waals surface area (Å²) in [6.45, 7) is 2.97. The molecule has 4 rings (SSSR count). The molecule has 2 aromatic heterocycles. The van der Waals surface area contributed by atoms with Gasteiger partial charge in [0.05, 0.1) is 11.9 Å². The van der Waals surface area contributed by atoms with Gasteiger partial charge in [0.1, 0.15) is 0 Å². The fraction of sp³-hybridized carbons (Fsp3) is 0.348. The first-order valence-electron chi connectivity index (χ1n) is 9.97. The van der Waals surface area contributed by atoms with Crippen LogP contribution in [0.4, 0.5) is 0 Å². The van der Waals surface area contributed by atoms with Gasteiger partial charge in [-0.15, -0.1) is 0 Å². The maximum absolute atomic E-state index is 12.0. The molecule has 0 unspecified atom stereocenters. The quantitative estimate of drug-likeness (QED) is 0.717. The standard InChI is InChI=1S/C23H26N4O/c1-16-10-11-21(20-13-25-27(15-20)14-17-6-3-4-7-17)22(26-16)18-8-5-9-19(12-18)23(28)24-2/h5,8-13,15,17H,3-4,6-7,14H2,1-2H3,(H,24,28). The molecule has 0 saturated heterocycles. The van der Waals surface area contributed by atoms with Gasteiger partial charge < -0.3 is 5.32 Å². The predicted octanol–water partition coefficient (Wildman–Crippen LogP) is 4.47. The van der Waals surface area contributed by atoms with Crippen LogP contribution in [0.15, 0.2) is 48.8 Å². The number of benzene rings is 1. The fourth-order valence-electron chi connectivity index (χ4n) is 4.02. The molecular formula is C23H26N4O. The van der Waals surface area contributed by atoms with Crippen molar-refractivity contribution in [2.45, 2.75) is 39.2 Å². The van der Waals surface area contributed by atoms with Gasteiger partial charge in [0.25, 0.3) is 5.91 Å². The van der Waals surface area contributed by atoms with Crippen LogP contribution in [0.3, 0.4) is 0 Å². The zero-order chi connectivity index (χ0) is 19.5. The molecule has 5 heteroatoms. The van der Waals surface area contributed by atoms with Crippen LogP contribution < -0.4 is 5.32 Å². The van der Waals surface area contributed by atoms with Crippen LogP contribution in [0.2, 0.25) is 0 Å². The molecule has 28 heavy (non-hydrogen) atoms. The SMILES string of the molecule is CNC(=O)c1cccc(-c2nc(C)ccc2-c2cnn(CC3CCCC3)c2)c1. The van der Waals surface area contributed by atoms with Crippen LogP contribution in [0, 0.1) is 12.8 Å². The second-order valence-corrected chi connectivity index (χ2v) is 7.61. The fourth-order valence-corrected chi connectivity index (χ4v) is 4.02. The third-order valence-corrected chi connectivity index (χ3v) is 5.52. The Hall–Kier alpha value is -2.95. The molecule has 1 aliphatic carbocycles. The summed E-state index contributed by atoms with van der Waals surface area (Å²) in [6.07, 6.45) is 9.33. The molecule has 144 valence electrons. The molecule has 1 aromatic carbocycles. The largest absolute Gasteiger partial charge is 0.355 e. The van der Waals surface area contributed by atoms with Gasteiger partial charge in [0.2, 0.25) is 0 Å². The normalized spacial score (nSPS) is 14.4. The third kappa shape index (κ3) is 3.84. The highest BCUT2D eigenvalue weighted by Gasteiger charge is 2.17. The van der Waals surface area contributed by atoms with Crippen molar-refractivity contribution in [2.75, 3.05) is 7.05 Å². The number of rotatable bonds is 5. The first-order valence-corrected chi connectivity index (χ1v) is 9.97. The van der Waals surface area contributed by atoms with Gasteiger partial charge in [-0.05, 0) is 43.9 Å². The minimum Gasteiger partial charge on any atom is -0.355 e. The zero-order valence-corrected chi connectivity index (χ0v) is 16.5. The number of carbonyl (C=O) groups is 1. The molecule has 1 amide bonds. The summed E-state index contributed by atoms with van der Waals surface area (Å²) >= 11 is 0. The van der Waals surface area contributed by atoms with Crippen molar-refractivity contribution in [1.29, 1.82) is 0 Å². The zero-order valence-electron chi connectivity index (χ0n) is 16.5. The van der Waals surface area contributed by atoms with Gasteiger partial charge >= 0.3 is 0 Å². The molecule has 2 heterocycles. The van der Waals surface area contributed by atoms with Crippen molar-refractivity contribution >= 4 is 5.91 Å². The Morgan fingerprint density at radius 2 is 2.00 bits per heavy atom. The van der Waals surface area contributed by atoms with Crippen molar-refractivity contribution in [3.8, 4) is 22.4 Å². The molecule has 0 spiro atoms. The summed E-state index contributed by atoms with van der Waals surface area (Å²) in [6, 6.07) is 11.7. The summed E-state index contributed by atoms with van der Waals surface area (Å²) in [4.78, 5) is 16.8.